The first-order valence-electron chi connectivity index (χ1n) is 2.83. The molecule has 0 heterocycles. The molecule has 0 amide bonds. The number of benzene rings is 1. The molecule has 0 atom stereocenters. The standard InChI is InChI=1S/C7H3F4O/c1-12-4-2-3(8)5(9)7(11)6(4)10/h2H,1H2. The molecule has 0 fully saturated rings. The Balaban J connectivity index is 3.39. The highest BCUT2D eigenvalue weighted by molar-refractivity contribution is 5.27. The fraction of sp³-hybridized carbons (Fsp3) is 0. The van der Waals surface area contributed by atoms with Crippen LogP contribution in [0.1, 0.15) is 0 Å². The Hall–Kier alpha value is -1.26. The fourth-order valence-corrected chi connectivity index (χ4v) is 0.656. The summed E-state index contributed by atoms with van der Waals surface area (Å²) in [5.74, 6) is -7.66. The topological polar surface area (TPSA) is 9.23 Å². The molecular weight excluding hydrogens is 176 g/mol. The zero-order valence-electron chi connectivity index (χ0n) is 5.70. The predicted molar refractivity (Wildman–Crippen MR) is 32.3 cm³/mol. The minimum Gasteiger partial charge on any atom is -0.487 e. The van der Waals surface area contributed by atoms with Crippen molar-refractivity contribution in [3.63, 3.8) is 0 Å². The van der Waals surface area contributed by atoms with Crippen molar-refractivity contribution >= 4 is 0 Å². The van der Waals surface area contributed by atoms with Crippen LogP contribution in [0.25, 0.3) is 0 Å². The van der Waals surface area contributed by atoms with Crippen LogP contribution in [0.3, 0.4) is 0 Å². The number of hydrogen-bond donors (Lipinski definition) is 0. The third-order valence-corrected chi connectivity index (χ3v) is 1.22. The van der Waals surface area contributed by atoms with E-state index in [1.165, 1.54) is 0 Å². The lowest BCUT2D eigenvalue weighted by atomic mass is 10.3. The van der Waals surface area contributed by atoms with E-state index in [1.807, 2.05) is 0 Å². The highest BCUT2D eigenvalue weighted by Crippen LogP contribution is 2.24. The lowest BCUT2D eigenvalue weighted by Gasteiger charge is -2.02. The first-order valence-corrected chi connectivity index (χ1v) is 2.83. The summed E-state index contributed by atoms with van der Waals surface area (Å²) in [5.41, 5.74) is 0. The number of rotatable bonds is 1. The van der Waals surface area contributed by atoms with Gasteiger partial charge in [-0.2, -0.15) is 4.39 Å². The van der Waals surface area contributed by atoms with Crippen molar-refractivity contribution in [3.8, 4) is 5.75 Å². The van der Waals surface area contributed by atoms with E-state index in [9.17, 15) is 17.6 Å². The Bertz CT molecular complexity index is 311. The number of ether oxygens (including phenoxy) is 1. The van der Waals surface area contributed by atoms with Gasteiger partial charge in [-0.25, -0.2) is 13.2 Å². The Labute approximate surface area is 65.6 Å². The zero-order valence-corrected chi connectivity index (χ0v) is 5.70. The minimum atomic E-state index is -1.91. The van der Waals surface area contributed by atoms with E-state index >= 15 is 0 Å². The molecule has 0 aliphatic heterocycles. The molecule has 0 saturated carbocycles. The third kappa shape index (κ3) is 1.22. The fourth-order valence-electron chi connectivity index (χ4n) is 0.656. The highest BCUT2D eigenvalue weighted by atomic mass is 19.2. The van der Waals surface area contributed by atoms with Crippen molar-refractivity contribution in [1.29, 1.82) is 0 Å². The molecule has 1 radical (unpaired) electrons. The van der Waals surface area contributed by atoms with Gasteiger partial charge in [0.05, 0.1) is 0 Å². The summed E-state index contributed by atoms with van der Waals surface area (Å²) in [6.45, 7) is 0. The van der Waals surface area contributed by atoms with Gasteiger partial charge in [-0.15, -0.1) is 0 Å². The molecule has 0 N–H and O–H groups in total. The maximum absolute atomic E-state index is 12.5. The van der Waals surface area contributed by atoms with E-state index in [0.717, 1.165) is 0 Å². The van der Waals surface area contributed by atoms with Gasteiger partial charge in [-0.1, -0.05) is 0 Å². The van der Waals surface area contributed by atoms with Crippen LogP contribution in [-0.4, -0.2) is 0 Å². The van der Waals surface area contributed by atoms with Crippen LogP contribution in [0.15, 0.2) is 6.07 Å². The van der Waals surface area contributed by atoms with Gasteiger partial charge in [-0.05, 0) is 0 Å². The monoisotopic (exact) mass is 179 g/mol. The molecular formula is C7H3F4O. The molecule has 0 aliphatic rings. The van der Waals surface area contributed by atoms with E-state index in [1.54, 1.807) is 0 Å². The van der Waals surface area contributed by atoms with E-state index in [-0.39, 0.29) is 0 Å². The van der Waals surface area contributed by atoms with Crippen molar-refractivity contribution in [3.05, 3.63) is 36.4 Å². The molecule has 1 aromatic carbocycles. The second-order valence-electron chi connectivity index (χ2n) is 1.94. The van der Waals surface area contributed by atoms with Gasteiger partial charge in [-0.3, -0.25) is 0 Å². The van der Waals surface area contributed by atoms with Crippen molar-refractivity contribution in [2.24, 2.45) is 0 Å². The summed E-state index contributed by atoms with van der Waals surface area (Å²) in [6, 6.07) is 0.376. The summed E-state index contributed by atoms with van der Waals surface area (Å²) >= 11 is 0. The molecule has 1 aromatic rings. The third-order valence-electron chi connectivity index (χ3n) is 1.22. The largest absolute Gasteiger partial charge is 0.487 e. The summed E-state index contributed by atoms with van der Waals surface area (Å²) in [5, 5.41) is 0. The van der Waals surface area contributed by atoms with Crippen LogP contribution in [0.4, 0.5) is 17.6 Å². The Morgan fingerprint density at radius 2 is 1.58 bits per heavy atom. The summed E-state index contributed by atoms with van der Waals surface area (Å²) < 4.78 is 53.4. The average molecular weight is 179 g/mol. The first kappa shape index (κ1) is 8.83. The Morgan fingerprint density at radius 1 is 1.00 bits per heavy atom. The highest BCUT2D eigenvalue weighted by Gasteiger charge is 2.18. The predicted octanol–water partition coefficient (Wildman–Crippen LogP) is 2.41. The van der Waals surface area contributed by atoms with Crippen LogP contribution in [0, 0.1) is 30.4 Å². The van der Waals surface area contributed by atoms with Crippen LogP contribution >= 0.6 is 0 Å². The maximum Gasteiger partial charge on any atom is 0.203 e. The number of hydrogen-bond acceptors (Lipinski definition) is 1. The van der Waals surface area contributed by atoms with Crippen molar-refractivity contribution < 1.29 is 22.3 Å². The van der Waals surface area contributed by atoms with Gasteiger partial charge in [0.25, 0.3) is 0 Å². The van der Waals surface area contributed by atoms with Crippen molar-refractivity contribution in [1.82, 2.24) is 0 Å². The molecule has 65 valence electrons. The molecule has 5 heteroatoms. The van der Waals surface area contributed by atoms with Crippen LogP contribution in [0.2, 0.25) is 0 Å². The molecule has 0 unspecified atom stereocenters. The SMILES string of the molecule is [CH2]Oc1cc(F)c(F)c(F)c1F. The maximum atomic E-state index is 12.5. The molecule has 0 saturated heterocycles. The summed E-state index contributed by atoms with van der Waals surface area (Å²) in [6.07, 6.45) is 0. The molecule has 0 spiro atoms. The first-order chi connectivity index (χ1) is 5.57. The summed E-state index contributed by atoms with van der Waals surface area (Å²) in [4.78, 5) is 0. The van der Waals surface area contributed by atoms with Crippen LogP contribution in [-0.2, 0) is 0 Å². The van der Waals surface area contributed by atoms with Gasteiger partial charge >= 0.3 is 0 Å². The normalized spacial score (nSPS) is 10.1. The van der Waals surface area contributed by atoms with Crippen LogP contribution < -0.4 is 4.74 Å². The van der Waals surface area contributed by atoms with Gasteiger partial charge in [0, 0.05) is 6.07 Å². The van der Waals surface area contributed by atoms with E-state index in [2.05, 4.69) is 11.8 Å². The summed E-state index contributed by atoms with van der Waals surface area (Å²) in [7, 11) is 2.73. The quantitative estimate of drug-likeness (QED) is 0.365. The van der Waals surface area contributed by atoms with E-state index in [0.29, 0.717) is 6.07 Å². The van der Waals surface area contributed by atoms with Gasteiger partial charge in [0.15, 0.2) is 17.4 Å². The smallest absolute Gasteiger partial charge is 0.203 e. The van der Waals surface area contributed by atoms with Crippen molar-refractivity contribution in [2.45, 2.75) is 0 Å². The molecule has 1 rings (SSSR count). The molecule has 0 bridgehead atoms. The second-order valence-corrected chi connectivity index (χ2v) is 1.94. The molecule has 1 nitrogen and oxygen atoms in total. The zero-order chi connectivity index (χ0) is 9.30. The van der Waals surface area contributed by atoms with Gasteiger partial charge in [0.2, 0.25) is 11.6 Å². The average Bonchev–Trinajstić information content (AvgIpc) is 2.08. The Kier molecular flexibility index (Phi) is 2.21. The lowest BCUT2D eigenvalue weighted by molar-refractivity contribution is 0.368. The Morgan fingerprint density at radius 3 is 2.08 bits per heavy atom. The number of halogens is 4. The van der Waals surface area contributed by atoms with E-state index < -0.39 is 29.0 Å². The van der Waals surface area contributed by atoms with Gasteiger partial charge < -0.3 is 4.74 Å². The molecule has 12 heavy (non-hydrogen) atoms. The second kappa shape index (κ2) is 3.00. The van der Waals surface area contributed by atoms with E-state index in [4.69, 9.17) is 0 Å². The van der Waals surface area contributed by atoms with Gasteiger partial charge in [0.1, 0.15) is 7.11 Å². The molecule has 0 aromatic heterocycles. The van der Waals surface area contributed by atoms with Crippen molar-refractivity contribution in [2.75, 3.05) is 0 Å². The minimum absolute atomic E-state index is 0.376. The lowest BCUT2D eigenvalue weighted by Crippen LogP contribution is -1.97. The molecule has 0 aliphatic carbocycles. The van der Waals surface area contributed by atoms with Crippen LogP contribution in [0.5, 0.6) is 5.75 Å².